The first kappa shape index (κ1) is 17.7. The number of carbonyl (C=O) groups is 2. The van der Waals surface area contributed by atoms with Crippen LogP contribution in [-0.4, -0.2) is 36.3 Å². The number of para-hydroxylation sites is 2. The topological polar surface area (TPSA) is 67.9 Å². The third kappa shape index (κ3) is 3.23. The van der Waals surface area contributed by atoms with E-state index in [9.17, 15) is 9.59 Å². The van der Waals surface area contributed by atoms with Crippen molar-refractivity contribution >= 4 is 35.0 Å². The van der Waals surface area contributed by atoms with Crippen LogP contribution in [0.5, 0.6) is 11.5 Å². The molecule has 140 valence electrons. The summed E-state index contributed by atoms with van der Waals surface area (Å²) in [5.41, 5.74) is 0.410. The van der Waals surface area contributed by atoms with Gasteiger partial charge in [-0.25, -0.2) is 0 Å². The minimum absolute atomic E-state index is 0.123. The minimum Gasteiger partial charge on any atom is -0.486 e. The Hall–Kier alpha value is -2.67. The van der Waals surface area contributed by atoms with Gasteiger partial charge in [-0.1, -0.05) is 12.1 Å². The van der Waals surface area contributed by atoms with Crippen LogP contribution in [0.25, 0.3) is 0 Å². The Kier molecular flexibility index (Phi) is 4.47. The Bertz CT molecular complexity index is 913. The molecular formula is C20H20N2O4S. The standard InChI is InChI=1S/C20H20N2O4S/c1-20(2)19(24)21-14-5-3-4-6-15(14)22(20)18(23)12-27-13-7-8-16-17(11-13)26-10-9-25-16/h3-8,11H,9-10,12H2,1-2H3,(H,21,24). The highest BCUT2D eigenvalue weighted by Gasteiger charge is 2.43. The molecule has 2 aromatic carbocycles. The molecule has 0 aliphatic carbocycles. The first-order valence-corrected chi connectivity index (χ1v) is 9.71. The van der Waals surface area contributed by atoms with E-state index in [-0.39, 0.29) is 17.6 Å². The SMILES string of the molecule is CC1(C)C(=O)Nc2ccccc2N1C(=O)CSc1ccc2c(c1)OCCO2. The van der Waals surface area contributed by atoms with Crippen molar-refractivity contribution in [1.29, 1.82) is 0 Å². The molecule has 27 heavy (non-hydrogen) atoms. The van der Waals surface area contributed by atoms with Gasteiger partial charge in [0.15, 0.2) is 11.5 Å². The van der Waals surface area contributed by atoms with E-state index >= 15 is 0 Å². The van der Waals surface area contributed by atoms with Gasteiger partial charge in [0, 0.05) is 4.90 Å². The van der Waals surface area contributed by atoms with Crippen LogP contribution in [0.3, 0.4) is 0 Å². The second kappa shape index (κ2) is 6.81. The van der Waals surface area contributed by atoms with Gasteiger partial charge in [-0.3, -0.25) is 14.5 Å². The zero-order valence-corrected chi connectivity index (χ0v) is 16.0. The number of amides is 2. The molecule has 2 aromatic rings. The second-order valence-electron chi connectivity index (χ2n) is 6.85. The fourth-order valence-corrected chi connectivity index (χ4v) is 4.00. The molecule has 2 aliphatic rings. The van der Waals surface area contributed by atoms with Crippen molar-refractivity contribution in [3.05, 3.63) is 42.5 Å². The van der Waals surface area contributed by atoms with E-state index in [0.717, 1.165) is 16.3 Å². The summed E-state index contributed by atoms with van der Waals surface area (Å²) in [7, 11) is 0. The number of thioether (sulfide) groups is 1. The molecule has 0 atom stereocenters. The Morgan fingerprint density at radius 3 is 2.70 bits per heavy atom. The van der Waals surface area contributed by atoms with Gasteiger partial charge in [0.2, 0.25) is 11.8 Å². The minimum atomic E-state index is -0.960. The zero-order chi connectivity index (χ0) is 19.0. The molecule has 2 aliphatic heterocycles. The Morgan fingerprint density at radius 2 is 1.89 bits per heavy atom. The smallest absolute Gasteiger partial charge is 0.250 e. The van der Waals surface area contributed by atoms with E-state index in [4.69, 9.17) is 9.47 Å². The average Bonchev–Trinajstić information content (AvgIpc) is 2.67. The third-order valence-electron chi connectivity index (χ3n) is 4.63. The van der Waals surface area contributed by atoms with Crippen molar-refractivity contribution in [2.45, 2.75) is 24.3 Å². The maximum atomic E-state index is 13.1. The summed E-state index contributed by atoms with van der Waals surface area (Å²) in [5, 5.41) is 2.87. The molecule has 7 heteroatoms. The molecule has 2 amide bonds. The van der Waals surface area contributed by atoms with Gasteiger partial charge in [-0.15, -0.1) is 11.8 Å². The number of anilines is 2. The lowest BCUT2D eigenvalue weighted by Gasteiger charge is -2.42. The molecule has 0 fully saturated rings. The number of hydrogen-bond donors (Lipinski definition) is 1. The molecule has 0 spiro atoms. The van der Waals surface area contributed by atoms with E-state index < -0.39 is 5.54 Å². The summed E-state index contributed by atoms with van der Waals surface area (Å²) in [4.78, 5) is 28.0. The van der Waals surface area contributed by atoms with Gasteiger partial charge in [-0.2, -0.15) is 0 Å². The second-order valence-corrected chi connectivity index (χ2v) is 7.90. The van der Waals surface area contributed by atoms with Crippen molar-refractivity contribution in [3.8, 4) is 11.5 Å². The van der Waals surface area contributed by atoms with Crippen LogP contribution in [-0.2, 0) is 9.59 Å². The van der Waals surface area contributed by atoms with Gasteiger partial charge < -0.3 is 14.8 Å². The number of benzene rings is 2. The van der Waals surface area contributed by atoms with Gasteiger partial charge in [-0.05, 0) is 44.2 Å². The quantitative estimate of drug-likeness (QED) is 0.823. The van der Waals surface area contributed by atoms with Gasteiger partial charge in [0.05, 0.1) is 17.1 Å². The molecule has 6 nitrogen and oxygen atoms in total. The highest BCUT2D eigenvalue weighted by Crippen LogP contribution is 2.38. The molecular weight excluding hydrogens is 364 g/mol. The summed E-state index contributed by atoms with van der Waals surface area (Å²) >= 11 is 1.41. The lowest BCUT2D eigenvalue weighted by molar-refractivity contribution is -0.125. The molecule has 0 bridgehead atoms. The van der Waals surface area contributed by atoms with Crippen LogP contribution in [0.1, 0.15) is 13.8 Å². The first-order chi connectivity index (χ1) is 13.0. The largest absolute Gasteiger partial charge is 0.486 e. The predicted molar refractivity (Wildman–Crippen MR) is 105 cm³/mol. The highest BCUT2D eigenvalue weighted by molar-refractivity contribution is 8.00. The van der Waals surface area contributed by atoms with Gasteiger partial charge in [0.1, 0.15) is 18.8 Å². The third-order valence-corrected chi connectivity index (χ3v) is 5.61. The Morgan fingerprint density at radius 1 is 1.15 bits per heavy atom. The summed E-state index contributed by atoms with van der Waals surface area (Å²) in [5.74, 6) is 1.31. The average molecular weight is 384 g/mol. The summed E-state index contributed by atoms with van der Waals surface area (Å²) in [6, 6.07) is 13.0. The first-order valence-electron chi connectivity index (χ1n) is 8.73. The van der Waals surface area contributed by atoms with Crippen LogP contribution < -0.4 is 19.7 Å². The maximum Gasteiger partial charge on any atom is 0.250 e. The van der Waals surface area contributed by atoms with Crippen molar-refractivity contribution in [3.63, 3.8) is 0 Å². The number of fused-ring (bicyclic) bond motifs is 2. The van der Waals surface area contributed by atoms with E-state index in [0.29, 0.717) is 24.7 Å². The van der Waals surface area contributed by atoms with Crippen LogP contribution >= 0.6 is 11.8 Å². The van der Waals surface area contributed by atoms with Crippen molar-refractivity contribution in [2.24, 2.45) is 0 Å². The molecule has 0 saturated heterocycles. The van der Waals surface area contributed by atoms with Crippen LogP contribution in [0.2, 0.25) is 0 Å². The molecule has 0 saturated carbocycles. The van der Waals surface area contributed by atoms with E-state index in [2.05, 4.69) is 5.32 Å². The normalized spacial score (nSPS) is 17.1. The molecule has 1 N–H and O–H groups in total. The molecule has 4 rings (SSSR count). The predicted octanol–water partition coefficient (Wildman–Crippen LogP) is 3.31. The summed E-state index contributed by atoms with van der Waals surface area (Å²) < 4.78 is 11.1. The van der Waals surface area contributed by atoms with Crippen LogP contribution in [0.15, 0.2) is 47.4 Å². The number of nitrogens with zero attached hydrogens (tertiary/aromatic N) is 1. The number of nitrogens with one attached hydrogen (secondary N) is 1. The van der Waals surface area contributed by atoms with Crippen LogP contribution in [0.4, 0.5) is 11.4 Å². The lowest BCUT2D eigenvalue weighted by Crippen LogP contribution is -2.58. The fourth-order valence-electron chi connectivity index (χ4n) is 3.22. The fraction of sp³-hybridized carbons (Fsp3) is 0.300. The maximum absolute atomic E-state index is 13.1. The molecule has 2 heterocycles. The number of hydrogen-bond acceptors (Lipinski definition) is 5. The Balaban J connectivity index is 1.54. The number of carbonyl (C=O) groups excluding carboxylic acids is 2. The Labute approximate surface area is 161 Å². The molecule has 0 aromatic heterocycles. The van der Waals surface area contributed by atoms with E-state index in [1.807, 2.05) is 36.4 Å². The zero-order valence-electron chi connectivity index (χ0n) is 15.2. The molecule has 0 radical (unpaired) electrons. The monoisotopic (exact) mass is 384 g/mol. The number of rotatable bonds is 3. The van der Waals surface area contributed by atoms with Crippen molar-refractivity contribution in [2.75, 3.05) is 29.2 Å². The summed E-state index contributed by atoms with van der Waals surface area (Å²) in [6.07, 6.45) is 0. The van der Waals surface area contributed by atoms with E-state index in [1.165, 1.54) is 11.8 Å². The van der Waals surface area contributed by atoms with E-state index in [1.54, 1.807) is 24.8 Å². The lowest BCUT2D eigenvalue weighted by atomic mass is 9.96. The van der Waals surface area contributed by atoms with Gasteiger partial charge >= 0.3 is 0 Å². The van der Waals surface area contributed by atoms with Gasteiger partial charge in [0.25, 0.3) is 0 Å². The summed E-state index contributed by atoms with van der Waals surface area (Å²) in [6.45, 7) is 4.58. The molecule has 0 unspecified atom stereocenters. The number of ether oxygens (including phenoxy) is 2. The van der Waals surface area contributed by atoms with Crippen molar-refractivity contribution < 1.29 is 19.1 Å². The highest BCUT2D eigenvalue weighted by atomic mass is 32.2. The van der Waals surface area contributed by atoms with Crippen LogP contribution in [0, 0.1) is 0 Å². The van der Waals surface area contributed by atoms with Crippen molar-refractivity contribution in [1.82, 2.24) is 0 Å².